The van der Waals surface area contributed by atoms with Gasteiger partial charge in [-0.15, -0.1) is 0 Å². The van der Waals surface area contributed by atoms with E-state index < -0.39 is 10.0 Å². The van der Waals surface area contributed by atoms with Crippen molar-refractivity contribution < 1.29 is 8.42 Å². The van der Waals surface area contributed by atoms with Crippen molar-refractivity contribution in [2.75, 3.05) is 6.54 Å². The molecule has 1 aromatic carbocycles. The summed E-state index contributed by atoms with van der Waals surface area (Å²) in [6.07, 6.45) is 0. The van der Waals surface area contributed by atoms with Gasteiger partial charge in [0, 0.05) is 6.04 Å². The van der Waals surface area contributed by atoms with Crippen LogP contribution in [0.15, 0.2) is 23.1 Å². The predicted octanol–water partition coefficient (Wildman–Crippen LogP) is 2.68. The van der Waals surface area contributed by atoms with Crippen molar-refractivity contribution in [1.29, 1.82) is 0 Å². The van der Waals surface area contributed by atoms with Gasteiger partial charge < -0.3 is 5.73 Å². The van der Waals surface area contributed by atoms with Crippen molar-refractivity contribution >= 4 is 50.4 Å². The van der Waals surface area contributed by atoms with E-state index in [9.17, 15) is 8.42 Å². The molecule has 0 aliphatic carbocycles. The van der Waals surface area contributed by atoms with Crippen LogP contribution in [0.4, 0.5) is 0 Å². The van der Waals surface area contributed by atoms with E-state index in [1.54, 1.807) is 13.8 Å². The molecular formula is C11H14Cl2N2O2S2. The molecule has 0 heterocycles. The molecule has 0 spiro atoms. The third kappa shape index (κ3) is 4.03. The third-order valence-electron chi connectivity index (χ3n) is 2.39. The summed E-state index contributed by atoms with van der Waals surface area (Å²) in [6.45, 7) is 3.47. The van der Waals surface area contributed by atoms with Gasteiger partial charge >= 0.3 is 0 Å². The first-order valence-corrected chi connectivity index (χ1v) is 8.02. The summed E-state index contributed by atoms with van der Waals surface area (Å²) in [5.41, 5.74) is 5.44. The maximum atomic E-state index is 12.5. The lowest BCUT2D eigenvalue weighted by molar-refractivity contribution is 0.391. The van der Waals surface area contributed by atoms with Crippen LogP contribution >= 0.6 is 35.4 Å². The Balaban J connectivity index is 3.26. The fourth-order valence-corrected chi connectivity index (χ4v) is 3.70. The predicted molar refractivity (Wildman–Crippen MR) is 82.3 cm³/mol. The quantitative estimate of drug-likeness (QED) is 0.837. The summed E-state index contributed by atoms with van der Waals surface area (Å²) >= 11 is 16.4. The molecule has 1 aromatic rings. The largest absolute Gasteiger partial charge is 0.392 e. The summed E-state index contributed by atoms with van der Waals surface area (Å²) in [7, 11) is -3.71. The number of benzene rings is 1. The van der Waals surface area contributed by atoms with Crippen LogP contribution in [0.5, 0.6) is 0 Å². The van der Waals surface area contributed by atoms with E-state index in [4.69, 9.17) is 41.2 Å². The third-order valence-corrected chi connectivity index (χ3v) is 5.27. The van der Waals surface area contributed by atoms with E-state index in [1.807, 2.05) is 0 Å². The highest BCUT2D eigenvalue weighted by Crippen LogP contribution is 2.27. The lowest BCUT2D eigenvalue weighted by atomic mass is 10.4. The maximum absolute atomic E-state index is 12.5. The van der Waals surface area contributed by atoms with Crippen molar-refractivity contribution in [2.45, 2.75) is 24.8 Å². The van der Waals surface area contributed by atoms with Crippen molar-refractivity contribution in [2.24, 2.45) is 5.73 Å². The first kappa shape index (κ1) is 16.7. The Morgan fingerprint density at radius 2 is 1.95 bits per heavy atom. The van der Waals surface area contributed by atoms with Gasteiger partial charge in [-0.3, -0.25) is 0 Å². The molecule has 0 unspecified atom stereocenters. The van der Waals surface area contributed by atoms with Crippen molar-refractivity contribution in [3.63, 3.8) is 0 Å². The number of nitrogens with zero attached hydrogens (tertiary/aromatic N) is 1. The van der Waals surface area contributed by atoms with E-state index in [2.05, 4.69) is 0 Å². The molecule has 106 valence electrons. The summed E-state index contributed by atoms with van der Waals surface area (Å²) in [5, 5.41) is 0.479. The number of rotatable bonds is 5. The zero-order valence-electron chi connectivity index (χ0n) is 10.4. The van der Waals surface area contributed by atoms with Crippen LogP contribution in [0, 0.1) is 0 Å². The average Bonchev–Trinajstić information content (AvgIpc) is 2.28. The zero-order valence-corrected chi connectivity index (χ0v) is 13.6. The number of hydrogen-bond acceptors (Lipinski definition) is 3. The second-order valence-corrected chi connectivity index (χ2v) is 7.42. The highest BCUT2D eigenvalue weighted by molar-refractivity contribution is 7.89. The fraction of sp³-hybridized carbons (Fsp3) is 0.364. The second kappa shape index (κ2) is 6.37. The van der Waals surface area contributed by atoms with Crippen LogP contribution in [0.3, 0.4) is 0 Å². The molecule has 0 fully saturated rings. The van der Waals surface area contributed by atoms with E-state index in [0.717, 1.165) is 0 Å². The first-order chi connectivity index (χ1) is 8.66. The molecule has 0 aliphatic heterocycles. The highest BCUT2D eigenvalue weighted by atomic mass is 35.5. The van der Waals surface area contributed by atoms with Crippen LogP contribution in [-0.2, 0) is 10.0 Å². The molecule has 4 nitrogen and oxygen atoms in total. The van der Waals surface area contributed by atoms with Crippen LogP contribution in [0.1, 0.15) is 13.8 Å². The summed E-state index contributed by atoms with van der Waals surface area (Å²) < 4.78 is 26.2. The zero-order chi connectivity index (χ0) is 14.8. The number of hydrogen-bond donors (Lipinski definition) is 1. The Hall–Kier alpha value is -0.400. The summed E-state index contributed by atoms with van der Waals surface area (Å²) in [4.78, 5) is 0.171. The Bertz CT molecular complexity index is 588. The molecule has 0 radical (unpaired) electrons. The van der Waals surface area contributed by atoms with Gasteiger partial charge in [0.1, 0.15) is 0 Å². The van der Waals surface area contributed by atoms with Crippen LogP contribution in [-0.4, -0.2) is 30.3 Å². The minimum atomic E-state index is -3.71. The van der Waals surface area contributed by atoms with Gasteiger partial charge in [0.15, 0.2) is 0 Å². The number of sulfonamides is 1. The van der Waals surface area contributed by atoms with Gasteiger partial charge in [0.25, 0.3) is 0 Å². The highest BCUT2D eigenvalue weighted by Gasteiger charge is 2.27. The van der Waals surface area contributed by atoms with Crippen molar-refractivity contribution in [3.8, 4) is 0 Å². The van der Waals surface area contributed by atoms with E-state index >= 15 is 0 Å². The molecule has 0 bridgehead atoms. The molecule has 8 heteroatoms. The molecule has 0 atom stereocenters. The minimum Gasteiger partial charge on any atom is -0.392 e. The SMILES string of the molecule is CC(C)N(CC(N)=S)S(=O)(=O)c1ccc(Cl)c(Cl)c1. The van der Waals surface area contributed by atoms with Gasteiger partial charge in [0.05, 0.1) is 26.5 Å². The fourth-order valence-electron chi connectivity index (χ4n) is 1.47. The molecule has 0 aliphatic rings. The lowest BCUT2D eigenvalue weighted by Crippen LogP contribution is -2.42. The molecule has 0 saturated carbocycles. The van der Waals surface area contributed by atoms with Crippen molar-refractivity contribution in [3.05, 3.63) is 28.2 Å². The molecule has 2 N–H and O–H groups in total. The lowest BCUT2D eigenvalue weighted by Gasteiger charge is -2.25. The van der Waals surface area contributed by atoms with Crippen LogP contribution < -0.4 is 5.73 Å². The summed E-state index contributed by atoms with van der Waals surface area (Å²) in [5.74, 6) is 0. The Kier molecular flexibility index (Phi) is 5.58. The van der Waals surface area contributed by atoms with Gasteiger partial charge in [0.2, 0.25) is 10.0 Å². The Morgan fingerprint density at radius 3 is 2.37 bits per heavy atom. The topological polar surface area (TPSA) is 63.4 Å². The molecule has 0 saturated heterocycles. The van der Waals surface area contributed by atoms with E-state index in [-0.39, 0.29) is 27.5 Å². The smallest absolute Gasteiger partial charge is 0.243 e. The normalized spacial score (nSPS) is 12.1. The van der Waals surface area contributed by atoms with Gasteiger partial charge in [-0.1, -0.05) is 35.4 Å². The standard InChI is InChI=1S/C11H14Cl2N2O2S2/c1-7(2)15(6-11(14)18)19(16,17)8-3-4-9(12)10(13)5-8/h3-5,7H,6H2,1-2H3,(H2,14,18). The molecule has 0 aromatic heterocycles. The van der Waals surface area contributed by atoms with E-state index in [1.165, 1.54) is 22.5 Å². The van der Waals surface area contributed by atoms with E-state index in [0.29, 0.717) is 5.02 Å². The monoisotopic (exact) mass is 340 g/mol. The van der Waals surface area contributed by atoms with Crippen LogP contribution in [0.2, 0.25) is 10.0 Å². The van der Waals surface area contributed by atoms with Gasteiger partial charge in [-0.05, 0) is 32.0 Å². The maximum Gasteiger partial charge on any atom is 0.243 e. The average molecular weight is 341 g/mol. The molecule has 1 rings (SSSR count). The number of nitrogens with two attached hydrogens (primary N) is 1. The number of halogens is 2. The number of thiocarbonyl (C=S) groups is 1. The molecule has 19 heavy (non-hydrogen) atoms. The molecule has 0 amide bonds. The van der Waals surface area contributed by atoms with Crippen molar-refractivity contribution in [1.82, 2.24) is 4.31 Å². The van der Waals surface area contributed by atoms with Crippen LogP contribution in [0.25, 0.3) is 0 Å². The Labute approximate surface area is 128 Å². The minimum absolute atomic E-state index is 0.0183. The van der Waals surface area contributed by atoms with Gasteiger partial charge in [-0.25, -0.2) is 8.42 Å². The first-order valence-electron chi connectivity index (χ1n) is 5.41. The summed E-state index contributed by atoms with van der Waals surface area (Å²) in [6, 6.07) is 3.88. The second-order valence-electron chi connectivity index (χ2n) is 4.19. The molecular weight excluding hydrogens is 327 g/mol. The van der Waals surface area contributed by atoms with Gasteiger partial charge in [-0.2, -0.15) is 4.31 Å². The Morgan fingerprint density at radius 1 is 1.37 bits per heavy atom.